The lowest BCUT2D eigenvalue weighted by atomic mass is 10.1. The van der Waals surface area contributed by atoms with E-state index in [1.165, 1.54) is 0 Å². The van der Waals surface area contributed by atoms with Gasteiger partial charge in [0.15, 0.2) is 5.65 Å². The second-order valence-corrected chi connectivity index (χ2v) is 5.86. The summed E-state index contributed by atoms with van der Waals surface area (Å²) in [7, 11) is 0. The highest BCUT2D eigenvalue weighted by Crippen LogP contribution is 2.32. The Kier molecular flexibility index (Phi) is 2.77. The topological polar surface area (TPSA) is 45.5 Å². The van der Waals surface area contributed by atoms with Gasteiger partial charge in [-0.3, -0.25) is 0 Å². The summed E-state index contributed by atoms with van der Waals surface area (Å²) in [5.41, 5.74) is 0.744. The van der Waals surface area contributed by atoms with Crippen LogP contribution in [0.15, 0.2) is 18.3 Å². The van der Waals surface area contributed by atoms with Gasteiger partial charge in [0.2, 0.25) is 0 Å². The molecule has 1 aliphatic heterocycles. The first-order chi connectivity index (χ1) is 10.1. The highest BCUT2D eigenvalue weighted by molar-refractivity contribution is 5.58. The van der Waals surface area contributed by atoms with Crippen molar-refractivity contribution >= 4 is 17.3 Å². The number of hydrogen-bond donors (Lipinski definition) is 1. The van der Waals surface area contributed by atoms with Gasteiger partial charge in [-0.15, -0.1) is 0 Å². The number of anilines is 2. The van der Waals surface area contributed by atoms with E-state index in [0.29, 0.717) is 19.1 Å². The van der Waals surface area contributed by atoms with Gasteiger partial charge >= 0.3 is 0 Å². The number of nitrogens with one attached hydrogen (secondary N) is 1. The summed E-state index contributed by atoms with van der Waals surface area (Å²) < 4.78 is 28.3. The molecule has 0 unspecified atom stereocenters. The van der Waals surface area contributed by atoms with Crippen molar-refractivity contribution in [3.63, 3.8) is 0 Å². The van der Waals surface area contributed by atoms with Crippen LogP contribution in [0.3, 0.4) is 0 Å². The molecule has 0 aromatic carbocycles. The van der Waals surface area contributed by atoms with Gasteiger partial charge in [-0.1, -0.05) is 0 Å². The van der Waals surface area contributed by atoms with Crippen LogP contribution in [-0.2, 0) is 0 Å². The third-order valence-corrected chi connectivity index (χ3v) is 4.09. The molecule has 1 aliphatic carbocycles. The van der Waals surface area contributed by atoms with Crippen LogP contribution in [-0.4, -0.2) is 39.7 Å². The van der Waals surface area contributed by atoms with Gasteiger partial charge in [-0.25, -0.2) is 13.8 Å². The van der Waals surface area contributed by atoms with Crippen LogP contribution in [0.2, 0.25) is 0 Å². The van der Waals surface area contributed by atoms with Crippen molar-refractivity contribution in [1.82, 2.24) is 14.6 Å². The van der Waals surface area contributed by atoms with E-state index in [1.807, 2.05) is 17.0 Å². The maximum absolute atomic E-state index is 13.3. The molecule has 4 rings (SSSR count). The SMILES string of the molecule is FC1(F)CCN(c2cc(NC3CC3)n3nccc3n2)CC1. The molecule has 0 radical (unpaired) electrons. The summed E-state index contributed by atoms with van der Waals surface area (Å²) in [6.07, 6.45) is 3.82. The zero-order valence-corrected chi connectivity index (χ0v) is 11.6. The molecule has 2 aromatic rings. The second kappa shape index (κ2) is 4.54. The fourth-order valence-corrected chi connectivity index (χ4v) is 2.66. The standard InChI is InChI=1S/C14H17F2N5/c15-14(16)4-7-20(8-5-14)12-9-13(18-10-1-2-10)21-11(19-12)3-6-17-21/h3,6,9-10,18H,1-2,4-5,7-8H2. The zero-order chi connectivity index (χ0) is 14.4. The molecule has 112 valence electrons. The predicted octanol–water partition coefficient (Wildman–Crippen LogP) is 2.54. The molecule has 1 saturated heterocycles. The van der Waals surface area contributed by atoms with E-state index in [-0.39, 0.29) is 12.8 Å². The lowest BCUT2D eigenvalue weighted by Gasteiger charge is -2.32. The zero-order valence-electron chi connectivity index (χ0n) is 11.6. The Bertz CT molecular complexity index is 654. The first-order valence-corrected chi connectivity index (χ1v) is 7.35. The van der Waals surface area contributed by atoms with Crippen LogP contribution < -0.4 is 10.2 Å². The molecule has 0 bridgehead atoms. The molecule has 2 fully saturated rings. The fraction of sp³-hybridized carbons (Fsp3) is 0.571. The number of fused-ring (bicyclic) bond motifs is 1. The van der Waals surface area contributed by atoms with E-state index < -0.39 is 5.92 Å². The van der Waals surface area contributed by atoms with Crippen molar-refractivity contribution in [2.75, 3.05) is 23.3 Å². The van der Waals surface area contributed by atoms with E-state index in [9.17, 15) is 8.78 Å². The van der Waals surface area contributed by atoms with Crippen molar-refractivity contribution in [3.05, 3.63) is 18.3 Å². The first kappa shape index (κ1) is 12.8. The maximum atomic E-state index is 13.3. The minimum Gasteiger partial charge on any atom is -0.367 e. The number of alkyl halides is 2. The van der Waals surface area contributed by atoms with E-state index in [1.54, 1.807) is 10.7 Å². The molecule has 2 aliphatic rings. The summed E-state index contributed by atoms with van der Waals surface area (Å²) in [5, 5.41) is 7.69. The highest BCUT2D eigenvalue weighted by Gasteiger charge is 2.34. The van der Waals surface area contributed by atoms with Gasteiger partial charge in [-0.05, 0) is 12.8 Å². The van der Waals surface area contributed by atoms with Crippen molar-refractivity contribution in [3.8, 4) is 0 Å². The van der Waals surface area contributed by atoms with Crippen LogP contribution in [0.5, 0.6) is 0 Å². The number of nitrogens with zero attached hydrogens (tertiary/aromatic N) is 4. The third-order valence-electron chi connectivity index (χ3n) is 4.09. The molecule has 0 spiro atoms. The molecule has 5 nitrogen and oxygen atoms in total. The van der Waals surface area contributed by atoms with Crippen LogP contribution in [0.25, 0.3) is 5.65 Å². The molecule has 0 amide bonds. The third kappa shape index (κ3) is 2.52. The molecule has 1 saturated carbocycles. The molecule has 3 heterocycles. The van der Waals surface area contributed by atoms with Gasteiger partial charge in [0.1, 0.15) is 11.6 Å². The molecular weight excluding hydrogens is 276 g/mol. The van der Waals surface area contributed by atoms with Gasteiger partial charge in [-0.2, -0.15) is 9.61 Å². The Morgan fingerprint density at radius 1 is 1.24 bits per heavy atom. The summed E-state index contributed by atoms with van der Waals surface area (Å²) in [5.74, 6) is -0.895. The van der Waals surface area contributed by atoms with Crippen LogP contribution in [0.1, 0.15) is 25.7 Å². The number of rotatable bonds is 3. The van der Waals surface area contributed by atoms with Crippen molar-refractivity contribution < 1.29 is 8.78 Å². The molecule has 0 atom stereocenters. The smallest absolute Gasteiger partial charge is 0.251 e. The molecule has 2 aromatic heterocycles. The lowest BCUT2D eigenvalue weighted by molar-refractivity contribution is -0.0221. The Morgan fingerprint density at radius 2 is 2.00 bits per heavy atom. The van der Waals surface area contributed by atoms with Gasteiger partial charge < -0.3 is 10.2 Å². The number of halogens is 2. The van der Waals surface area contributed by atoms with Crippen LogP contribution >= 0.6 is 0 Å². The highest BCUT2D eigenvalue weighted by atomic mass is 19.3. The minimum atomic E-state index is -2.54. The fourth-order valence-electron chi connectivity index (χ4n) is 2.66. The average Bonchev–Trinajstić information content (AvgIpc) is 3.13. The summed E-state index contributed by atoms with van der Waals surface area (Å²) in [6, 6.07) is 4.25. The first-order valence-electron chi connectivity index (χ1n) is 7.35. The summed E-state index contributed by atoms with van der Waals surface area (Å²) in [4.78, 5) is 6.47. The van der Waals surface area contributed by atoms with Gasteiger partial charge in [0.25, 0.3) is 5.92 Å². The number of piperidine rings is 1. The monoisotopic (exact) mass is 293 g/mol. The van der Waals surface area contributed by atoms with E-state index >= 15 is 0 Å². The van der Waals surface area contributed by atoms with Gasteiger partial charge in [0.05, 0.1) is 6.20 Å². The largest absolute Gasteiger partial charge is 0.367 e. The maximum Gasteiger partial charge on any atom is 0.251 e. The Morgan fingerprint density at radius 3 is 2.71 bits per heavy atom. The van der Waals surface area contributed by atoms with E-state index in [0.717, 1.165) is 30.1 Å². The van der Waals surface area contributed by atoms with Crippen molar-refractivity contribution in [2.24, 2.45) is 0 Å². The average molecular weight is 293 g/mol. The van der Waals surface area contributed by atoms with E-state index in [4.69, 9.17) is 0 Å². The van der Waals surface area contributed by atoms with Crippen LogP contribution in [0.4, 0.5) is 20.4 Å². The predicted molar refractivity (Wildman–Crippen MR) is 76.0 cm³/mol. The second-order valence-electron chi connectivity index (χ2n) is 5.86. The Labute approximate surface area is 121 Å². The van der Waals surface area contributed by atoms with Crippen LogP contribution in [0, 0.1) is 0 Å². The molecule has 1 N–H and O–H groups in total. The quantitative estimate of drug-likeness (QED) is 0.944. The molecular formula is C14H17F2N5. The van der Waals surface area contributed by atoms with Crippen molar-refractivity contribution in [2.45, 2.75) is 37.6 Å². The lowest BCUT2D eigenvalue weighted by Crippen LogP contribution is -2.39. The van der Waals surface area contributed by atoms with E-state index in [2.05, 4.69) is 15.4 Å². The van der Waals surface area contributed by atoms with Crippen molar-refractivity contribution in [1.29, 1.82) is 0 Å². The Balaban J connectivity index is 1.65. The number of hydrogen-bond acceptors (Lipinski definition) is 4. The molecule has 21 heavy (non-hydrogen) atoms. The molecule has 7 heteroatoms. The Hall–Kier alpha value is -1.92. The minimum absolute atomic E-state index is 0.107. The normalized spacial score (nSPS) is 21.7. The summed E-state index contributed by atoms with van der Waals surface area (Å²) >= 11 is 0. The van der Waals surface area contributed by atoms with Gasteiger partial charge in [0, 0.05) is 44.1 Å². The number of aromatic nitrogens is 3. The summed E-state index contributed by atoms with van der Waals surface area (Å²) in [6.45, 7) is 0.681.